The average Bonchev–Trinajstić information content (AvgIpc) is 3.08. The first-order valence-electron chi connectivity index (χ1n) is 5.53. The van der Waals surface area contributed by atoms with Crippen LogP contribution < -0.4 is 0 Å². The average molecular weight is 217 g/mol. The first-order chi connectivity index (χ1) is 7.81. The summed E-state index contributed by atoms with van der Waals surface area (Å²) in [6, 6.07) is 7.26. The van der Waals surface area contributed by atoms with E-state index >= 15 is 0 Å². The molecule has 3 heteroatoms. The zero-order valence-electron chi connectivity index (χ0n) is 8.82. The van der Waals surface area contributed by atoms with E-state index in [0.29, 0.717) is 17.6 Å². The van der Waals surface area contributed by atoms with Crippen LogP contribution in [0.3, 0.4) is 0 Å². The van der Waals surface area contributed by atoms with E-state index in [4.69, 9.17) is 0 Å². The molecule has 0 amide bonds. The number of para-hydroxylation sites is 1. The number of rotatable bonds is 3. The second-order valence-electron chi connectivity index (χ2n) is 4.39. The van der Waals surface area contributed by atoms with E-state index in [0.717, 1.165) is 12.1 Å². The summed E-state index contributed by atoms with van der Waals surface area (Å²) in [5.41, 5.74) is 1.02. The number of carbonyl (C=O) groups excluding carboxylic acids is 1. The van der Waals surface area contributed by atoms with Crippen molar-refractivity contribution in [3.63, 3.8) is 0 Å². The Labute approximate surface area is 92.7 Å². The van der Waals surface area contributed by atoms with Gasteiger partial charge in [0.05, 0.1) is 5.52 Å². The number of aromatic nitrogens is 1. The number of hydrogen-bond donors (Lipinski definition) is 0. The van der Waals surface area contributed by atoms with Crippen LogP contribution in [-0.4, -0.2) is 10.9 Å². The van der Waals surface area contributed by atoms with Crippen LogP contribution in [0.15, 0.2) is 24.3 Å². The molecule has 2 aromatic rings. The molecule has 0 bridgehead atoms. The van der Waals surface area contributed by atoms with Gasteiger partial charge in [0.25, 0.3) is 0 Å². The molecule has 3 rings (SSSR count). The topological polar surface area (TPSA) is 22.0 Å². The van der Waals surface area contributed by atoms with Crippen molar-refractivity contribution in [3.05, 3.63) is 35.8 Å². The predicted molar refractivity (Wildman–Crippen MR) is 60.0 cm³/mol. The minimum absolute atomic E-state index is 0.188. The van der Waals surface area contributed by atoms with Crippen molar-refractivity contribution < 1.29 is 9.18 Å². The molecule has 0 radical (unpaired) electrons. The van der Waals surface area contributed by atoms with Gasteiger partial charge in [0.1, 0.15) is 5.69 Å². The van der Waals surface area contributed by atoms with Crippen molar-refractivity contribution in [2.75, 3.05) is 0 Å². The molecule has 0 unspecified atom stereocenters. The van der Waals surface area contributed by atoms with Crippen LogP contribution >= 0.6 is 0 Å². The van der Waals surface area contributed by atoms with Crippen LogP contribution in [-0.2, 0) is 6.54 Å². The molecule has 82 valence electrons. The van der Waals surface area contributed by atoms with Crippen LogP contribution in [0, 0.1) is 11.7 Å². The lowest BCUT2D eigenvalue weighted by molar-refractivity contribution is 0.111. The second kappa shape index (κ2) is 3.44. The second-order valence-corrected chi connectivity index (χ2v) is 4.39. The highest BCUT2D eigenvalue weighted by Crippen LogP contribution is 2.33. The van der Waals surface area contributed by atoms with E-state index in [1.165, 1.54) is 12.8 Å². The summed E-state index contributed by atoms with van der Waals surface area (Å²) >= 11 is 0. The lowest BCUT2D eigenvalue weighted by Crippen LogP contribution is -2.04. The summed E-state index contributed by atoms with van der Waals surface area (Å²) in [6.07, 6.45) is 3.00. The van der Waals surface area contributed by atoms with Crippen molar-refractivity contribution >= 4 is 17.2 Å². The maximum Gasteiger partial charge on any atom is 0.169 e. The standard InChI is InChI=1S/C13H12FNO/c14-13-10-3-1-2-4-11(10)15(12(13)8-16)7-9-5-6-9/h1-4,8-9H,5-7H2. The monoisotopic (exact) mass is 217 g/mol. The molecule has 1 aliphatic carbocycles. The van der Waals surface area contributed by atoms with Gasteiger partial charge in [-0.2, -0.15) is 0 Å². The summed E-state index contributed by atoms with van der Waals surface area (Å²) in [4.78, 5) is 11.0. The molecular weight excluding hydrogens is 205 g/mol. The van der Waals surface area contributed by atoms with Gasteiger partial charge in [-0.3, -0.25) is 4.79 Å². The van der Waals surface area contributed by atoms with E-state index < -0.39 is 0 Å². The smallest absolute Gasteiger partial charge is 0.169 e. The largest absolute Gasteiger partial charge is 0.336 e. The summed E-state index contributed by atoms with van der Waals surface area (Å²) in [5.74, 6) is 0.236. The molecule has 1 aliphatic rings. The first kappa shape index (κ1) is 9.58. The Balaban J connectivity index is 2.24. The minimum atomic E-state index is -0.383. The number of carbonyl (C=O) groups is 1. The molecule has 1 aromatic carbocycles. The fraction of sp³-hybridized carbons (Fsp3) is 0.308. The van der Waals surface area contributed by atoms with Gasteiger partial charge in [0, 0.05) is 11.9 Å². The van der Waals surface area contributed by atoms with E-state index in [2.05, 4.69) is 0 Å². The highest BCUT2D eigenvalue weighted by Gasteiger charge is 2.25. The van der Waals surface area contributed by atoms with Crippen LogP contribution in [0.25, 0.3) is 10.9 Å². The van der Waals surface area contributed by atoms with Crippen molar-refractivity contribution in [3.8, 4) is 0 Å². The van der Waals surface area contributed by atoms with E-state index in [1.54, 1.807) is 12.1 Å². The van der Waals surface area contributed by atoms with Gasteiger partial charge >= 0.3 is 0 Å². The van der Waals surface area contributed by atoms with Crippen LogP contribution in [0.5, 0.6) is 0 Å². The fourth-order valence-corrected chi connectivity index (χ4v) is 2.15. The number of halogens is 1. The van der Waals surface area contributed by atoms with Crippen molar-refractivity contribution in [1.29, 1.82) is 0 Å². The predicted octanol–water partition coefficient (Wildman–Crippen LogP) is 3.00. The Kier molecular flexibility index (Phi) is 2.06. The fourth-order valence-electron chi connectivity index (χ4n) is 2.15. The molecular formula is C13H12FNO. The highest BCUT2D eigenvalue weighted by atomic mass is 19.1. The zero-order valence-corrected chi connectivity index (χ0v) is 8.82. The molecule has 0 N–H and O–H groups in total. The quantitative estimate of drug-likeness (QED) is 0.724. The van der Waals surface area contributed by atoms with E-state index in [-0.39, 0.29) is 11.5 Å². The lowest BCUT2D eigenvalue weighted by Gasteiger charge is -2.05. The summed E-state index contributed by atoms with van der Waals surface area (Å²) in [5, 5.41) is 0.547. The molecule has 1 fully saturated rings. The number of fused-ring (bicyclic) bond motifs is 1. The summed E-state index contributed by atoms with van der Waals surface area (Å²) in [6.45, 7) is 0.762. The lowest BCUT2D eigenvalue weighted by atomic mass is 10.2. The molecule has 0 atom stereocenters. The number of nitrogens with zero attached hydrogens (tertiary/aromatic N) is 1. The summed E-state index contributed by atoms with van der Waals surface area (Å²) < 4.78 is 15.7. The molecule has 0 aliphatic heterocycles. The van der Waals surface area contributed by atoms with Gasteiger partial charge in [-0.05, 0) is 30.9 Å². The Hall–Kier alpha value is -1.64. The molecule has 2 nitrogen and oxygen atoms in total. The van der Waals surface area contributed by atoms with Gasteiger partial charge < -0.3 is 4.57 Å². The number of aldehydes is 1. The van der Waals surface area contributed by atoms with E-state index in [9.17, 15) is 9.18 Å². The third-order valence-electron chi connectivity index (χ3n) is 3.20. The van der Waals surface area contributed by atoms with Gasteiger partial charge in [-0.25, -0.2) is 4.39 Å². The molecule has 1 saturated carbocycles. The van der Waals surface area contributed by atoms with Crippen LogP contribution in [0.1, 0.15) is 23.3 Å². The highest BCUT2D eigenvalue weighted by molar-refractivity contribution is 5.89. The third kappa shape index (κ3) is 1.35. The van der Waals surface area contributed by atoms with Gasteiger partial charge in [-0.15, -0.1) is 0 Å². The Morgan fingerprint density at radius 2 is 2.12 bits per heavy atom. The maximum atomic E-state index is 13.9. The maximum absolute atomic E-state index is 13.9. The van der Waals surface area contributed by atoms with E-state index in [1.807, 2.05) is 16.7 Å². The van der Waals surface area contributed by atoms with Crippen molar-refractivity contribution in [1.82, 2.24) is 4.57 Å². The molecule has 1 aromatic heterocycles. The number of hydrogen-bond acceptors (Lipinski definition) is 1. The Morgan fingerprint density at radius 3 is 2.81 bits per heavy atom. The van der Waals surface area contributed by atoms with Gasteiger partial charge in [0.15, 0.2) is 12.1 Å². The van der Waals surface area contributed by atoms with Crippen LogP contribution in [0.2, 0.25) is 0 Å². The van der Waals surface area contributed by atoms with Gasteiger partial charge in [0.2, 0.25) is 0 Å². The van der Waals surface area contributed by atoms with Crippen molar-refractivity contribution in [2.24, 2.45) is 5.92 Å². The Bertz CT molecular complexity index is 554. The normalized spacial score (nSPS) is 15.6. The van der Waals surface area contributed by atoms with Crippen molar-refractivity contribution in [2.45, 2.75) is 19.4 Å². The first-order valence-corrected chi connectivity index (χ1v) is 5.53. The minimum Gasteiger partial charge on any atom is -0.336 e. The van der Waals surface area contributed by atoms with Crippen LogP contribution in [0.4, 0.5) is 4.39 Å². The number of benzene rings is 1. The summed E-state index contributed by atoms with van der Waals surface area (Å²) in [7, 11) is 0. The third-order valence-corrected chi connectivity index (χ3v) is 3.20. The van der Waals surface area contributed by atoms with Gasteiger partial charge in [-0.1, -0.05) is 12.1 Å². The Morgan fingerprint density at radius 1 is 1.38 bits per heavy atom. The molecule has 16 heavy (non-hydrogen) atoms. The SMILES string of the molecule is O=Cc1c(F)c2ccccc2n1CC1CC1. The molecule has 1 heterocycles. The zero-order chi connectivity index (χ0) is 11.1. The molecule has 0 spiro atoms. The molecule has 0 saturated heterocycles.